The molecule has 2 aliphatic heterocycles. The molecule has 0 spiro atoms. The molecule has 3 aromatic rings. The highest BCUT2D eigenvalue weighted by molar-refractivity contribution is 7.91. The number of alkyl halides is 2. The van der Waals surface area contributed by atoms with Crippen molar-refractivity contribution in [2.24, 2.45) is 0 Å². The number of rotatable bonds is 4. The summed E-state index contributed by atoms with van der Waals surface area (Å²) in [6, 6.07) is 10.9. The van der Waals surface area contributed by atoms with E-state index in [9.17, 15) is 22.0 Å². The number of anilines is 2. The molecular weight excluding hydrogens is 516 g/mol. The lowest BCUT2D eigenvalue weighted by atomic mass is 10.1. The van der Waals surface area contributed by atoms with Crippen LogP contribution in [0.15, 0.2) is 47.4 Å². The van der Waals surface area contributed by atoms with Crippen molar-refractivity contribution in [3.05, 3.63) is 53.6 Å². The summed E-state index contributed by atoms with van der Waals surface area (Å²) in [7, 11) is -3.47. The number of halogens is 2. The van der Waals surface area contributed by atoms with Gasteiger partial charge in [-0.2, -0.15) is 4.98 Å². The molecule has 0 unspecified atom stereocenters. The van der Waals surface area contributed by atoms with Crippen LogP contribution in [0, 0.1) is 0 Å². The number of carbonyl (C=O) groups excluding carboxylic acids is 1. The first-order chi connectivity index (χ1) is 17.9. The Hall–Kier alpha value is -3.54. The van der Waals surface area contributed by atoms with Gasteiger partial charge in [-0.3, -0.25) is 0 Å². The Morgan fingerprint density at radius 3 is 2.58 bits per heavy atom. The average Bonchev–Trinajstić information content (AvgIpc) is 2.95. The van der Waals surface area contributed by atoms with E-state index in [2.05, 4.69) is 15.3 Å². The third kappa shape index (κ3) is 5.35. The molecule has 9 nitrogen and oxygen atoms in total. The Bertz CT molecular complexity index is 1490. The molecule has 0 bridgehead atoms. The van der Waals surface area contributed by atoms with Gasteiger partial charge in [0.2, 0.25) is 5.95 Å². The van der Waals surface area contributed by atoms with Crippen molar-refractivity contribution >= 4 is 38.6 Å². The summed E-state index contributed by atoms with van der Waals surface area (Å²) in [6.45, 7) is 6.56. The van der Waals surface area contributed by atoms with E-state index in [1.165, 1.54) is 18.2 Å². The van der Waals surface area contributed by atoms with Crippen molar-refractivity contribution in [1.29, 1.82) is 0 Å². The van der Waals surface area contributed by atoms with Crippen LogP contribution >= 0.6 is 0 Å². The number of fused-ring (bicyclic) bond motifs is 2. The summed E-state index contributed by atoms with van der Waals surface area (Å²) in [6.07, 6.45) is -3.08. The van der Waals surface area contributed by atoms with Crippen LogP contribution in [0.4, 0.5) is 25.3 Å². The van der Waals surface area contributed by atoms with Crippen molar-refractivity contribution < 1.29 is 26.7 Å². The van der Waals surface area contributed by atoms with Crippen molar-refractivity contribution in [3.8, 4) is 0 Å². The zero-order valence-corrected chi connectivity index (χ0v) is 22.1. The Kier molecular flexibility index (Phi) is 6.62. The fraction of sp³-hybridized carbons (Fsp3) is 0.423. The van der Waals surface area contributed by atoms with Gasteiger partial charge < -0.3 is 19.9 Å². The number of sulfone groups is 1. The Balaban J connectivity index is 1.46. The van der Waals surface area contributed by atoms with Gasteiger partial charge in [0.1, 0.15) is 11.4 Å². The smallest absolute Gasteiger partial charge is 0.410 e. The molecule has 1 aromatic heterocycles. The number of nitrogens with zero attached hydrogens (tertiary/aromatic N) is 4. The number of hydrogen-bond acceptors (Lipinski definition) is 8. The fourth-order valence-corrected chi connectivity index (χ4v) is 5.99. The van der Waals surface area contributed by atoms with Gasteiger partial charge in [-0.1, -0.05) is 24.3 Å². The molecule has 1 saturated heterocycles. The summed E-state index contributed by atoms with van der Waals surface area (Å²) in [5, 5.41) is 3.70. The highest BCUT2D eigenvalue weighted by atomic mass is 32.2. The number of ether oxygens (including phenoxy) is 1. The predicted molar refractivity (Wildman–Crippen MR) is 139 cm³/mol. The summed E-state index contributed by atoms with van der Waals surface area (Å²) < 4.78 is 58.0. The van der Waals surface area contributed by atoms with Crippen LogP contribution < -0.4 is 10.2 Å². The lowest BCUT2D eigenvalue weighted by molar-refractivity contribution is 0.0104. The van der Waals surface area contributed by atoms with Crippen molar-refractivity contribution in [3.63, 3.8) is 0 Å². The Morgan fingerprint density at radius 1 is 1.13 bits per heavy atom. The number of benzene rings is 2. The molecule has 5 rings (SSSR count). The molecule has 1 N–H and O–H groups in total. The largest absolute Gasteiger partial charge is 0.444 e. The molecule has 1 amide bonds. The summed E-state index contributed by atoms with van der Waals surface area (Å²) in [5.74, 6) is 0.535. The summed E-state index contributed by atoms with van der Waals surface area (Å²) in [5.41, 5.74) is 0.322. The predicted octanol–water partition coefficient (Wildman–Crippen LogP) is 4.39. The van der Waals surface area contributed by atoms with E-state index in [0.29, 0.717) is 46.2 Å². The summed E-state index contributed by atoms with van der Waals surface area (Å²) in [4.78, 5) is 25.2. The third-order valence-electron chi connectivity index (χ3n) is 6.42. The lowest BCUT2D eigenvalue weighted by Gasteiger charge is -2.40. The first-order valence-electron chi connectivity index (χ1n) is 12.3. The molecule has 0 aliphatic carbocycles. The van der Waals surface area contributed by atoms with Crippen LogP contribution in [0.25, 0.3) is 10.9 Å². The molecule has 202 valence electrons. The van der Waals surface area contributed by atoms with Gasteiger partial charge in [-0.05, 0) is 44.5 Å². The normalized spacial score (nSPS) is 17.6. The number of aromatic nitrogens is 2. The van der Waals surface area contributed by atoms with Crippen molar-refractivity contribution in [1.82, 2.24) is 14.9 Å². The van der Waals surface area contributed by atoms with E-state index >= 15 is 0 Å². The quantitative estimate of drug-likeness (QED) is 0.515. The molecule has 2 aliphatic rings. The van der Waals surface area contributed by atoms with Gasteiger partial charge in [0.25, 0.3) is 6.43 Å². The Labute approximate surface area is 219 Å². The maximum absolute atomic E-state index is 13.5. The van der Waals surface area contributed by atoms with E-state index in [0.717, 1.165) is 0 Å². The molecule has 12 heteroatoms. The first-order valence-corrected chi connectivity index (χ1v) is 13.9. The Morgan fingerprint density at radius 2 is 1.87 bits per heavy atom. The molecule has 0 radical (unpaired) electrons. The van der Waals surface area contributed by atoms with Gasteiger partial charge in [0.15, 0.2) is 9.84 Å². The topological polar surface area (TPSA) is 105 Å². The van der Waals surface area contributed by atoms with E-state index in [4.69, 9.17) is 4.74 Å². The number of hydrogen-bond donors (Lipinski definition) is 1. The minimum atomic E-state index is -3.47. The lowest BCUT2D eigenvalue weighted by Crippen LogP contribution is -2.58. The molecule has 2 aromatic carbocycles. The number of amides is 1. The van der Waals surface area contributed by atoms with Gasteiger partial charge in [-0.25, -0.2) is 27.0 Å². The van der Waals surface area contributed by atoms with Crippen LogP contribution in [-0.2, 0) is 21.1 Å². The SMILES string of the molecule is CC(C)(C)OC(=O)N1CC(Nc2nc(N3CCS(=O)(=O)c4ccccc4C3)nc3ccc(C(F)F)cc23)C1. The van der Waals surface area contributed by atoms with Gasteiger partial charge in [-0.15, -0.1) is 0 Å². The van der Waals surface area contributed by atoms with E-state index in [1.54, 1.807) is 54.8 Å². The minimum Gasteiger partial charge on any atom is -0.444 e. The van der Waals surface area contributed by atoms with Crippen LogP contribution in [-0.4, -0.2) is 66.4 Å². The second kappa shape index (κ2) is 9.64. The van der Waals surface area contributed by atoms with E-state index in [-0.39, 0.29) is 30.4 Å². The van der Waals surface area contributed by atoms with Crippen LogP contribution in [0.5, 0.6) is 0 Å². The zero-order chi connectivity index (χ0) is 27.2. The van der Waals surface area contributed by atoms with Gasteiger partial charge in [0.05, 0.1) is 22.2 Å². The fourth-order valence-electron chi connectivity index (χ4n) is 4.49. The molecular formula is C26H29F2N5O4S. The van der Waals surface area contributed by atoms with Gasteiger partial charge in [0, 0.05) is 37.1 Å². The summed E-state index contributed by atoms with van der Waals surface area (Å²) >= 11 is 0. The van der Waals surface area contributed by atoms with Crippen LogP contribution in [0.1, 0.15) is 38.3 Å². The molecule has 0 atom stereocenters. The first kappa shape index (κ1) is 26.1. The standard InChI is InChI=1S/C26H29F2N5O4S/c1-26(2,3)37-25(34)33-14-18(15-33)29-23-19-12-16(22(27)28)8-9-20(19)30-24(31-23)32-10-11-38(35,36)21-7-5-4-6-17(21)13-32/h4-9,12,18,22H,10-11,13-15H2,1-3H3,(H,29,30,31). The van der Waals surface area contributed by atoms with E-state index < -0.39 is 28.0 Å². The third-order valence-corrected chi connectivity index (χ3v) is 8.20. The second-order valence-corrected chi connectivity index (χ2v) is 12.6. The molecule has 38 heavy (non-hydrogen) atoms. The van der Waals surface area contributed by atoms with E-state index in [1.807, 2.05) is 0 Å². The molecule has 0 saturated carbocycles. The van der Waals surface area contributed by atoms with Crippen LogP contribution in [0.3, 0.4) is 0 Å². The van der Waals surface area contributed by atoms with Crippen LogP contribution in [0.2, 0.25) is 0 Å². The monoisotopic (exact) mass is 545 g/mol. The highest BCUT2D eigenvalue weighted by Gasteiger charge is 2.34. The maximum atomic E-state index is 13.5. The minimum absolute atomic E-state index is 0.105. The van der Waals surface area contributed by atoms with Crippen molar-refractivity contribution in [2.75, 3.05) is 35.6 Å². The number of carbonyl (C=O) groups is 1. The van der Waals surface area contributed by atoms with Crippen molar-refractivity contribution in [2.45, 2.75) is 50.3 Å². The van der Waals surface area contributed by atoms with Gasteiger partial charge >= 0.3 is 6.09 Å². The molecule has 3 heterocycles. The number of nitrogens with one attached hydrogen (secondary N) is 1. The zero-order valence-electron chi connectivity index (χ0n) is 21.3. The average molecular weight is 546 g/mol. The number of likely N-dealkylation sites (tertiary alicyclic amines) is 1. The maximum Gasteiger partial charge on any atom is 0.410 e. The molecule has 1 fully saturated rings. The highest BCUT2D eigenvalue weighted by Crippen LogP contribution is 2.32. The second-order valence-electron chi connectivity index (χ2n) is 10.5.